The van der Waals surface area contributed by atoms with Crippen LogP contribution in [0, 0.1) is 17.8 Å². The molecule has 13 heavy (non-hydrogen) atoms. The summed E-state index contributed by atoms with van der Waals surface area (Å²) in [6.45, 7) is 9.22. The van der Waals surface area contributed by atoms with Crippen molar-refractivity contribution in [2.75, 3.05) is 13.6 Å². The highest BCUT2D eigenvalue weighted by Crippen LogP contribution is 2.15. The van der Waals surface area contributed by atoms with E-state index in [0.29, 0.717) is 24.0 Å². The quantitative estimate of drug-likeness (QED) is 0.686. The van der Waals surface area contributed by atoms with Gasteiger partial charge in [-0.2, -0.15) is 0 Å². The molecule has 1 unspecified atom stereocenters. The van der Waals surface area contributed by atoms with Crippen molar-refractivity contribution in [1.29, 1.82) is 0 Å². The maximum Gasteiger partial charge on any atom is 0.137 e. The average Bonchev–Trinajstić information content (AvgIpc) is 1.97. The van der Waals surface area contributed by atoms with Gasteiger partial charge in [-0.3, -0.25) is 4.79 Å². The van der Waals surface area contributed by atoms with Crippen molar-refractivity contribution in [2.24, 2.45) is 17.8 Å². The van der Waals surface area contributed by atoms with Crippen molar-refractivity contribution in [3.63, 3.8) is 0 Å². The Balaban J connectivity index is 4.11. The highest BCUT2D eigenvalue weighted by Gasteiger charge is 2.21. The van der Waals surface area contributed by atoms with E-state index in [4.69, 9.17) is 0 Å². The molecule has 0 spiro atoms. The number of nitrogens with one attached hydrogen (secondary N) is 1. The number of hydrogen-bond donors (Lipinski definition) is 1. The summed E-state index contributed by atoms with van der Waals surface area (Å²) in [4.78, 5) is 11.7. The molecule has 2 nitrogen and oxygen atoms in total. The average molecular weight is 185 g/mol. The van der Waals surface area contributed by atoms with E-state index in [0.717, 1.165) is 6.54 Å². The second-order valence-corrected chi connectivity index (χ2v) is 4.47. The van der Waals surface area contributed by atoms with Crippen molar-refractivity contribution in [1.82, 2.24) is 5.32 Å². The molecule has 0 aromatic rings. The first-order chi connectivity index (χ1) is 5.99. The topological polar surface area (TPSA) is 29.1 Å². The van der Waals surface area contributed by atoms with E-state index in [1.54, 1.807) is 0 Å². The van der Waals surface area contributed by atoms with Crippen LogP contribution in [-0.4, -0.2) is 19.4 Å². The van der Waals surface area contributed by atoms with Crippen molar-refractivity contribution in [3.8, 4) is 0 Å². The van der Waals surface area contributed by atoms with E-state index in [1.165, 1.54) is 0 Å². The lowest BCUT2D eigenvalue weighted by atomic mass is 9.87. The van der Waals surface area contributed by atoms with Crippen LogP contribution in [-0.2, 0) is 4.79 Å². The Kier molecular flexibility index (Phi) is 5.97. The minimum Gasteiger partial charge on any atom is -0.319 e. The molecule has 0 aromatic carbocycles. The lowest BCUT2D eigenvalue weighted by Gasteiger charge is -2.19. The summed E-state index contributed by atoms with van der Waals surface area (Å²) in [7, 11) is 1.90. The fourth-order valence-corrected chi connectivity index (χ4v) is 1.49. The largest absolute Gasteiger partial charge is 0.319 e. The van der Waals surface area contributed by atoms with Gasteiger partial charge in [0.2, 0.25) is 0 Å². The molecule has 1 atom stereocenters. The summed E-state index contributed by atoms with van der Waals surface area (Å²) < 4.78 is 0. The van der Waals surface area contributed by atoms with Gasteiger partial charge in [-0.05, 0) is 18.9 Å². The Morgan fingerprint density at radius 3 is 2.08 bits per heavy atom. The van der Waals surface area contributed by atoms with Gasteiger partial charge in [-0.15, -0.1) is 0 Å². The Hall–Kier alpha value is -0.370. The summed E-state index contributed by atoms with van der Waals surface area (Å²) >= 11 is 0. The molecule has 0 heterocycles. The second-order valence-electron chi connectivity index (χ2n) is 4.47. The molecule has 0 aliphatic heterocycles. The molecule has 0 saturated carbocycles. The van der Waals surface area contributed by atoms with Crippen LogP contribution in [0.4, 0.5) is 0 Å². The summed E-state index contributed by atoms with van der Waals surface area (Å²) in [6, 6.07) is 0. The molecule has 1 N–H and O–H groups in total. The molecule has 0 saturated heterocycles. The van der Waals surface area contributed by atoms with Gasteiger partial charge in [0.1, 0.15) is 5.78 Å². The van der Waals surface area contributed by atoms with Crippen LogP contribution < -0.4 is 5.32 Å². The molecule has 0 aromatic heterocycles. The van der Waals surface area contributed by atoms with E-state index >= 15 is 0 Å². The van der Waals surface area contributed by atoms with Crippen LogP contribution in [0.2, 0.25) is 0 Å². The van der Waals surface area contributed by atoms with Gasteiger partial charge >= 0.3 is 0 Å². The van der Waals surface area contributed by atoms with Gasteiger partial charge in [-0.1, -0.05) is 27.7 Å². The van der Waals surface area contributed by atoms with Crippen LogP contribution in [0.25, 0.3) is 0 Å². The van der Waals surface area contributed by atoms with Crippen molar-refractivity contribution in [2.45, 2.75) is 34.1 Å². The number of rotatable bonds is 6. The highest BCUT2D eigenvalue weighted by molar-refractivity contribution is 5.81. The van der Waals surface area contributed by atoms with Gasteiger partial charge in [-0.25, -0.2) is 0 Å². The Labute approximate surface area is 82.1 Å². The summed E-state index contributed by atoms with van der Waals surface area (Å²) in [5.41, 5.74) is 0. The van der Waals surface area contributed by atoms with E-state index < -0.39 is 0 Å². The third kappa shape index (κ3) is 5.04. The molecule has 0 aliphatic rings. The molecule has 0 rings (SSSR count). The summed E-state index contributed by atoms with van der Waals surface area (Å²) in [6.07, 6.45) is 0.713. The maximum atomic E-state index is 11.7. The predicted octanol–water partition coefficient (Wildman–Crippen LogP) is 2.09. The third-order valence-electron chi connectivity index (χ3n) is 2.25. The van der Waals surface area contributed by atoms with Crippen molar-refractivity contribution >= 4 is 5.78 Å². The SMILES string of the molecule is CNCC(C(=O)CC(C)C)C(C)C. The number of Topliss-reactive ketones (excluding diaryl/α,β-unsaturated/α-hetero) is 1. The molecule has 0 bridgehead atoms. The van der Waals surface area contributed by atoms with E-state index in [2.05, 4.69) is 33.0 Å². The van der Waals surface area contributed by atoms with Gasteiger partial charge in [0, 0.05) is 18.9 Å². The van der Waals surface area contributed by atoms with Gasteiger partial charge in [0.15, 0.2) is 0 Å². The molecule has 0 aliphatic carbocycles. The number of carbonyl (C=O) groups is 1. The van der Waals surface area contributed by atoms with Crippen LogP contribution in [0.15, 0.2) is 0 Å². The zero-order chi connectivity index (χ0) is 10.4. The fourth-order valence-electron chi connectivity index (χ4n) is 1.49. The number of carbonyl (C=O) groups excluding carboxylic acids is 1. The second kappa shape index (κ2) is 6.14. The Morgan fingerprint density at radius 1 is 1.23 bits per heavy atom. The normalized spacial score (nSPS) is 13.8. The Morgan fingerprint density at radius 2 is 1.77 bits per heavy atom. The van der Waals surface area contributed by atoms with Crippen LogP contribution in [0.1, 0.15) is 34.1 Å². The molecule has 78 valence electrons. The minimum absolute atomic E-state index is 0.187. The van der Waals surface area contributed by atoms with Gasteiger partial charge in [0.25, 0.3) is 0 Å². The first kappa shape index (κ1) is 12.6. The smallest absolute Gasteiger partial charge is 0.137 e. The predicted molar refractivity (Wildman–Crippen MR) is 56.7 cm³/mol. The van der Waals surface area contributed by atoms with E-state index in [-0.39, 0.29) is 5.92 Å². The van der Waals surface area contributed by atoms with Gasteiger partial charge in [0.05, 0.1) is 0 Å². The molecular formula is C11H23NO. The van der Waals surface area contributed by atoms with Crippen LogP contribution in [0.5, 0.6) is 0 Å². The lowest BCUT2D eigenvalue weighted by molar-refractivity contribution is -0.124. The molecule has 2 heteroatoms. The first-order valence-electron chi connectivity index (χ1n) is 5.16. The molecule has 0 amide bonds. The highest BCUT2D eigenvalue weighted by atomic mass is 16.1. The van der Waals surface area contributed by atoms with E-state index in [9.17, 15) is 4.79 Å². The number of ketones is 1. The number of hydrogen-bond acceptors (Lipinski definition) is 2. The van der Waals surface area contributed by atoms with Crippen molar-refractivity contribution < 1.29 is 4.79 Å². The lowest BCUT2D eigenvalue weighted by Crippen LogP contribution is -2.31. The first-order valence-corrected chi connectivity index (χ1v) is 5.16. The van der Waals surface area contributed by atoms with Gasteiger partial charge < -0.3 is 5.32 Å². The summed E-state index contributed by atoms with van der Waals surface area (Å²) in [5, 5.41) is 3.08. The minimum atomic E-state index is 0.187. The monoisotopic (exact) mass is 185 g/mol. The molecule has 0 fully saturated rings. The van der Waals surface area contributed by atoms with Crippen molar-refractivity contribution in [3.05, 3.63) is 0 Å². The summed E-state index contributed by atoms with van der Waals surface area (Å²) in [5.74, 6) is 1.51. The fraction of sp³-hybridized carbons (Fsp3) is 0.909. The maximum absolute atomic E-state index is 11.7. The Bertz CT molecular complexity index is 152. The van der Waals surface area contributed by atoms with Crippen LogP contribution in [0.3, 0.4) is 0 Å². The van der Waals surface area contributed by atoms with E-state index in [1.807, 2.05) is 7.05 Å². The van der Waals surface area contributed by atoms with Crippen LogP contribution >= 0.6 is 0 Å². The third-order valence-corrected chi connectivity index (χ3v) is 2.25. The zero-order valence-corrected chi connectivity index (χ0v) is 9.55. The molecular weight excluding hydrogens is 162 g/mol. The zero-order valence-electron chi connectivity index (χ0n) is 9.55. The molecule has 0 radical (unpaired) electrons. The standard InChI is InChI=1S/C11H23NO/c1-8(2)6-11(13)10(7-12-5)9(3)4/h8-10,12H,6-7H2,1-5H3.